The molecule has 1 aliphatic rings. The fraction of sp³-hybridized carbons (Fsp3) is 0.429. The summed E-state index contributed by atoms with van der Waals surface area (Å²) in [6.07, 6.45) is 0.159. The highest BCUT2D eigenvalue weighted by molar-refractivity contribution is 5.87. The van der Waals surface area contributed by atoms with Gasteiger partial charge in [-0.1, -0.05) is 30.3 Å². The Hall–Kier alpha value is -1.72. The smallest absolute Gasteiger partial charge is 0.227 e. The summed E-state index contributed by atoms with van der Waals surface area (Å²) < 4.78 is 0. The fourth-order valence-electron chi connectivity index (χ4n) is 2.15. The van der Waals surface area contributed by atoms with Crippen molar-refractivity contribution >= 4 is 11.7 Å². The highest BCUT2D eigenvalue weighted by Crippen LogP contribution is 2.11. The first kappa shape index (κ1) is 13.7. The van der Waals surface area contributed by atoms with Crippen molar-refractivity contribution in [3.8, 4) is 0 Å². The Balaban J connectivity index is 1.94. The Morgan fingerprint density at radius 1 is 1.42 bits per heavy atom. The second-order valence-corrected chi connectivity index (χ2v) is 4.53. The third-order valence-electron chi connectivity index (χ3n) is 3.18. The molecule has 1 N–H and O–H groups in total. The normalized spacial score (nSPS) is 19.5. The summed E-state index contributed by atoms with van der Waals surface area (Å²) in [5.74, 6) is 0.0708. The zero-order chi connectivity index (χ0) is 13.7. The van der Waals surface area contributed by atoms with E-state index >= 15 is 0 Å². The third-order valence-corrected chi connectivity index (χ3v) is 3.18. The van der Waals surface area contributed by atoms with Gasteiger partial charge in [0, 0.05) is 20.0 Å². The zero-order valence-electron chi connectivity index (χ0n) is 11.0. The summed E-state index contributed by atoms with van der Waals surface area (Å²) in [7, 11) is 1.61. The van der Waals surface area contributed by atoms with Crippen molar-refractivity contribution in [2.45, 2.75) is 18.9 Å². The number of hydrogen-bond acceptors (Lipinski definition) is 4. The minimum atomic E-state index is -0.557. The minimum Gasteiger partial charge on any atom is -0.339 e. The molecule has 1 aromatic carbocycles. The number of hydrogen-bond donors (Lipinski definition) is 1. The van der Waals surface area contributed by atoms with E-state index < -0.39 is 6.10 Å². The van der Waals surface area contributed by atoms with Crippen LogP contribution in [0.15, 0.2) is 30.3 Å². The molecule has 1 unspecified atom stereocenters. The Morgan fingerprint density at radius 3 is 2.84 bits per heavy atom. The maximum Gasteiger partial charge on any atom is 0.227 e. The number of piperidine rings is 1. The molecule has 5 heteroatoms. The van der Waals surface area contributed by atoms with E-state index in [0.717, 1.165) is 5.56 Å². The van der Waals surface area contributed by atoms with E-state index in [-0.39, 0.29) is 11.7 Å². The summed E-state index contributed by atoms with van der Waals surface area (Å²) in [6.45, 7) is 0.805. The van der Waals surface area contributed by atoms with Crippen LogP contribution in [0.4, 0.5) is 0 Å². The van der Waals surface area contributed by atoms with Gasteiger partial charge < -0.3 is 4.90 Å². The van der Waals surface area contributed by atoms with Crippen LogP contribution in [0.5, 0.6) is 0 Å². The monoisotopic (exact) mass is 262 g/mol. The fourth-order valence-corrected chi connectivity index (χ4v) is 2.15. The maximum atomic E-state index is 12.2. The number of carbonyl (C=O) groups excluding carboxylic acids is 2. The van der Waals surface area contributed by atoms with Crippen LogP contribution in [-0.4, -0.2) is 42.8 Å². The van der Waals surface area contributed by atoms with Crippen LogP contribution in [0.3, 0.4) is 0 Å². The summed E-state index contributed by atoms with van der Waals surface area (Å²) >= 11 is 0. The number of benzene rings is 1. The van der Waals surface area contributed by atoms with Crippen molar-refractivity contribution in [2.24, 2.45) is 0 Å². The molecule has 0 saturated carbocycles. The SMILES string of the molecule is CNOC1CN(C(=O)Cc2ccccc2)CCC1=O. The minimum absolute atomic E-state index is 0.0309. The van der Waals surface area contributed by atoms with Gasteiger partial charge in [-0.25, -0.2) is 5.48 Å². The number of amides is 1. The number of hydroxylamine groups is 1. The van der Waals surface area contributed by atoms with Crippen molar-refractivity contribution in [1.82, 2.24) is 10.4 Å². The Morgan fingerprint density at radius 2 is 2.16 bits per heavy atom. The van der Waals surface area contributed by atoms with E-state index in [1.54, 1.807) is 11.9 Å². The van der Waals surface area contributed by atoms with Gasteiger partial charge in [-0.05, 0) is 5.56 Å². The molecule has 0 radical (unpaired) electrons. The van der Waals surface area contributed by atoms with Crippen molar-refractivity contribution in [3.63, 3.8) is 0 Å². The molecule has 102 valence electrons. The molecular formula is C14H18N2O3. The number of nitrogens with zero attached hydrogens (tertiary/aromatic N) is 1. The molecule has 1 aliphatic heterocycles. The molecule has 0 spiro atoms. The highest BCUT2D eigenvalue weighted by Gasteiger charge is 2.30. The van der Waals surface area contributed by atoms with Gasteiger partial charge in [0.25, 0.3) is 0 Å². The lowest BCUT2D eigenvalue weighted by atomic mass is 10.1. The molecule has 2 rings (SSSR count). The van der Waals surface area contributed by atoms with Crippen LogP contribution >= 0.6 is 0 Å². The number of rotatable bonds is 4. The average molecular weight is 262 g/mol. The Labute approximate surface area is 112 Å². The van der Waals surface area contributed by atoms with E-state index in [1.165, 1.54) is 0 Å². The Kier molecular flexibility index (Phi) is 4.65. The Bertz CT molecular complexity index is 447. The molecule has 1 aromatic rings. The van der Waals surface area contributed by atoms with Crippen LogP contribution in [-0.2, 0) is 20.8 Å². The molecule has 1 saturated heterocycles. The highest BCUT2D eigenvalue weighted by atomic mass is 16.7. The van der Waals surface area contributed by atoms with E-state index in [1.807, 2.05) is 30.3 Å². The lowest BCUT2D eigenvalue weighted by Gasteiger charge is -2.31. The largest absolute Gasteiger partial charge is 0.339 e. The van der Waals surface area contributed by atoms with Crippen LogP contribution < -0.4 is 5.48 Å². The van der Waals surface area contributed by atoms with Crippen LogP contribution in [0.25, 0.3) is 0 Å². The molecule has 1 fully saturated rings. The van der Waals surface area contributed by atoms with Gasteiger partial charge >= 0.3 is 0 Å². The van der Waals surface area contributed by atoms with Gasteiger partial charge in [-0.2, -0.15) is 0 Å². The number of carbonyl (C=O) groups is 2. The standard InChI is InChI=1S/C14H18N2O3/c1-15-19-13-10-16(8-7-12(13)17)14(18)9-11-5-3-2-4-6-11/h2-6,13,15H,7-10H2,1H3. The van der Waals surface area contributed by atoms with Crippen LogP contribution in [0.1, 0.15) is 12.0 Å². The molecular weight excluding hydrogens is 244 g/mol. The topological polar surface area (TPSA) is 58.6 Å². The number of likely N-dealkylation sites (tertiary alicyclic amines) is 1. The van der Waals surface area contributed by atoms with Gasteiger partial charge in [0.15, 0.2) is 11.9 Å². The van der Waals surface area contributed by atoms with Crippen LogP contribution in [0.2, 0.25) is 0 Å². The van der Waals surface area contributed by atoms with Gasteiger partial charge in [0.2, 0.25) is 5.91 Å². The van der Waals surface area contributed by atoms with E-state index in [2.05, 4.69) is 5.48 Å². The molecule has 0 aliphatic carbocycles. The quantitative estimate of drug-likeness (QED) is 0.805. The lowest BCUT2D eigenvalue weighted by molar-refractivity contribution is -0.147. The first-order chi connectivity index (χ1) is 9.20. The number of nitrogens with one attached hydrogen (secondary N) is 1. The molecule has 0 bridgehead atoms. The zero-order valence-corrected chi connectivity index (χ0v) is 11.0. The number of Topliss-reactive ketones (excluding diaryl/α,β-unsaturated/α-hetero) is 1. The van der Waals surface area contributed by atoms with Crippen molar-refractivity contribution in [3.05, 3.63) is 35.9 Å². The van der Waals surface area contributed by atoms with Gasteiger partial charge in [0.1, 0.15) is 0 Å². The predicted octanol–water partition coefficient (Wildman–Crippen LogP) is 0.550. The van der Waals surface area contributed by atoms with E-state index in [9.17, 15) is 9.59 Å². The summed E-state index contributed by atoms with van der Waals surface area (Å²) in [5.41, 5.74) is 3.50. The predicted molar refractivity (Wildman–Crippen MR) is 70.3 cm³/mol. The lowest BCUT2D eigenvalue weighted by Crippen LogP contribution is -2.49. The third kappa shape index (κ3) is 3.62. The van der Waals surface area contributed by atoms with E-state index in [4.69, 9.17) is 4.84 Å². The van der Waals surface area contributed by atoms with Crippen molar-refractivity contribution in [2.75, 3.05) is 20.1 Å². The second kappa shape index (κ2) is 6.45. The molecule has 1 atom stereocenters. The molecule has 19 heavy (non-hydrogen) atoms. The second-order valence-electron chi connectivity index (χ2n) is 4.53. The first-order valence-corrected chi connectivity index (χ1v) is 6.37. The van der Waals surface area contributed by atoms with Gasteiger partial charge in [-0.3, -0.25) is 14.4 Å². The van der Waals surface area contributed by atoms with Crippen molar-refractivity contribution < 1.29 is 14.4 Å². The average Bonchev–Trinajstić information content (AvgIpc) is 2.42. The van der Waals surface area contributed by atoms with E-state index in [0.29, 0.717) is 25.9 Å². The first-order valence-electron chi connectivity index (χ1n) is 6.37. The van der Waals surface area contributed by atoms with Crippen molar-refractivity contribution in [1.29, 1.82) is 0 Å². The summed E-state index contributed by atoms with van der Waals surface area (Å²) in [5, 5.41) is 0. The maximum absolute atomic E-state index is 12.2. The molecule has 0 aromatic heterocycles. The molecule has 1 amide bonds. The van der Waals surface area contributed by atoms with Gasteiger partial charge in [-0.15, -0.1) is 0 Å². The number of ketones is 1. The summed E-state index contributed by atoms with van der Waals surface area (Å²) in [6, 6.07) is 9.60. The molecule has 1 heterocycles. The summed E-state index contributed by atoms with van der Waals surface area (Å²) in [4.78, 5) is 30.6. The van der Waals surface area contributed by atoms with Gasteiger partial charge in [0.05, 0.1) is 13.0 Å². The van der Waals surface area contributed by atoms with Crippen LogP contribution in [0, 0.1) is 0 Å². The molecule has 5 nitrogen and oxygen atoms in total.